The van der Waals surface area contributed by atoms with Gasteiger partial charge in [0.05, 0.1) is 17.9 Å². The van der Waals surface area contributed by atoms with Gasteiger partial charge in [-0.15, -0.1) is 0 Å². The number of ketones is 1. The standard InChI is InChI=1S/C21H16N2O3/c1-2-26-21(25)17-15(12-8-4-3-5-9-12)16-18(23-20(17)22)13-10-6-7-11-14(13)19(16)24/h3-11H,2H2,1H3,(H2,22,23). The zero-order chi connectivity index (χ0) is 18.3. The van der Waals surface area contributed by atoms with Crippen molar-refractivity contribution in [3.63, 3.8) is 0 Å². The van der Waals surface area contributed by atoms with Gasteiger partial charge in [-0.3, -0.25) is 4.79 Å². The van der Waals surface area contributed by atoms with Crippen LogP contribution < -0.4 is 5.73 Å². The van der Waals surface area contributed by atoms with Crippen molar-refractivity contribution in [2.75, 3.05) is 12.3 Å². The Hall–Kier alpha value is -3.47. The summed E-state index contributed by atoms with van der Waals surface area (Å²) >= 11 is 0. The molecule has 0 spiro atoms. The summed E-state index contributed by atoms with van der Waals surface area (Å²) in [6, 6.07) is 16.5. The molecule has 1 heterocycles. The molecule has 128 valence electrons. The molecule has 1 aliphatic rings. The van der Waals surface area contributed by atoms with E-state index in [-0.39, 0.29) is 23.8 Å². The predicted molar refractivity (Wildman–Crippen MR) is 98.9 cm³/mol. The van der Waals surface area contributed by atoms with Crippen molar-refractivity contribution in [2.45, 2.75) is 6.92 Å². The number of carbonyl (C=O) groups excluding carboxylic acids is 2. The Kier molecular flexibility index (Phi) is 3.77. The molecule has 0 amide bonds. The van der Waals surface area contributed by atoms with Gasteiger partial charge in [-0.05, 0) is 12.5 Å². The zero-order valence-corrected chi connectivity index (χ0v) is 14.2. The fourth-order valence-corrected chi connectivity index (χ4v) is 3.35. The van der Waals surface area contributed by atoms with Crippen molar-refractivity contribution in [1.82, 2.24) is 4.98 Å². The van der Waals surface area contributed by atoms with E-state index < -0.39 is 5.97 Å². The van der Waals surface area contributed by atoms with Gasteiger partial charge in [0.15, 0.2) is 5.78 Å². The summed E-state index contributed by atoms with van der Waals surface area (Å²) < 4.78 is 5.17. The van der Waals surface area contributed by atoms with Gasteiger partial charge < -0.3 is 10.5 Å². The molecule has 0 saturated carbocycles. The number of benzene rings is 2. The number of nitrogens with two attached hydrogens (primary N) is 1. The van der Waals surface area contributed by atoms with Crippen LogP contribution in [-0.2, 0) is 4.74 Å². The Morgan fingerprint density at radius 3 is 2.35 bits per heavy atom. The number of nitrogens with zero attached hydrogens (tertiary/aromatic N) is 1. The molecule has 0 radical (unpaired) electrons. The third-order valence-corrected chi connectivity index (χ3v) is 4.42. The molecule has 0 unspecified atom stereocenters. The Balaban J connectivity index is 2.09. The van der Waals surface area contributed by atoms with Gasteiger partial charge in [-0.2, -0.15) is 0 Å². The van der Waals surface area contributed by atoms with Gasteiger partial charge in [-0.25, -0.2) is 9.78 Å². The Morgan fingerprint density at radius 2 is 1.65 bits per heavy atom. The number of pyridine rings is 1. The van der Waals surface area contributed by atoms with Gasteiger partial charge in [0.1, 0.15) is 11.4 Å². The molecule has 0 bridgehead atoms. The first-order valence-corrected chi connectivity index (χ1v) is 8.33. The number of hydrogen-bond acceptors (Lipinski definition) is 5. The quantitative estimate of drug-likeness (QED) is 0.573. The van der Waals surface area contributed by atoms with E-state index in [1.165, 1.54) is 0 Å². The molecule has 0 aliphatic heterocycles. The average molecular weight is 344 g/mol. The largest absolute Gasteiger partial charge is 0.462 e. The van der Waals surface area contributed by atoms with Gasteiger partial charge in [0.2, 0.25) is 0 Å². The number of hydrogen-bond donors (Lipinski definition) is 1. The first kappa shape index (κ1) is 16.0. The third-order valence-electron chi connectivity index (χ3n) is 4.42. The minimum atomic E-state index is -0.581. The van der Waals surface area contributed by atoms with Crippen molar-refractivity contribution >= 4 is 17.6 Å². The molecule has 1 aromatic heterocycles. The first-order valence-electron chi connectivity index (χ1n) is 8.33. The van der Waals surface area contributed by atoms with Gasteiger partial charge in [-0.1, -0.05) is 54.6 Å². The summed E-state index contributed by atoms with van der Waals surface area (Å²) in [5.41, 5.74) is 9.68. The molecule has 0 fully saturated rings. The lowest BCUT2D eigenvalue weighted by atomic mass is 9.93. The fourth-order valence-electron chi connectivity index (χ4n) is 3.35. The molecule has 2 N–H and O–H groups in total. The second kappa shape index (κ2) is 6.11. The molecule has 1 aliphatic carbocycles. The van der Waals surface area contributed by atoms with Gasteiger partial charge in [0.25, 0.3) is 0 Å². The first-order chi connectivity index (χ1) is 12.6. The summed E-state index contributed by atoms with van der Waals surface area (Å²) in [6.07, 6.45) is 0. The van der Waals surface area contributed by atoms with Crippen molar-refractivity contribution in [1.29, 1.82) is 0 Å². The normalized spacial score (nSPS) is 11.8. The average Bonchev–Trinajstić information content (AvgIpc) is 2.94. The zero-order valence-electron chi connectivity index (χ0n) is 14.2. The van der Waals surface area contributed by atoms with E-state index in [2.05, 4.69) is 4.98 Å². The molecule has 0 atom stereocenters. The number of anilines is 1. The van der Waals surface area contributed by atoms with Crippen molar-refractivity contribution in [3.8, 4) is 22.4 Å². The molecular weight excluding hydrogens is 328 g/mol. The number of rotatable bonds is 3. The highest BCUT2D eigenvalue weighted by Gasteiger charge is 2.35. The minimum Gasteiger partial charge on any atom is -0.462 e. The van der Waals surface area contributed by atoms with Crippen molar-refractivity contribution in [2.24, 2.45) is 0 Å². The Morgan fingerprint density at radius 1 is 1.00 bits per heavy atom. The van der Waals surface area contributed by atoms with Crippen LogP contribution in [0.2, 0.25) is 0 Å². The Bertz CT molecular complexity index is 1040. The van der Waals surface area contributed by atoms with E-state index in [9.17, 15) is 9.59 Å². The number of fused-ring (bicyclic) bond motifs is 3. The third kappa shape index (κ3) is 2.29. The second-order valence-corrected chi connectivity index (χ2v) is 5.93. The minimum absolute atomic E-state index is 0.0607. The highest BCUT2D eigenvalue weighted by atomic mass is 16.5. The van der Waals surface area contributed by atoms with Crippen LogP contribution in [0.4, 0.5) is 5.82 Å². The molecule has 3 aromatic rings. The van der Waals surface area contributed by atoms with E-state index in [4.69, 9.17) is 10.5 Å². The number of nitrogen functional groups attached to an aromatic ring is 1. The number of aromatic nitrogens is 1. The van der Waals surface area contributed by atoms with Crippen LogP contribution in [0.25, 0.3) is 22.4 Å². The monoisotopic (exact) mass is 344 g/mol. The predicted octanol–water partition coefficient (Wildman–Crippen LogP) is 3.72. The lowest BCUT2D eigenvalue weighted by Gasteiger charge is -2.15. The lowest BCUT2D eigenvalue weighted by Crippen LogP contribution is -2.14. The molecule has 5 heteroatoms. The summed E-state index contributed by atoms with van der Waals surface area (Å²) in [5.74, 6) is -0.680. The fraction of sp³-hybridized carbons (Fsp3) is 0.0952. The van der Waals surface area contributed by atoms with E-state index in [0.29, 0.717) is 22.4 Å². The number of esters is 1. The summed E-state index contributed by atoms with van der Waals surface area (Å²) in [5, 5.41) is 0. The van der Waals surface area contributed by atoms with E-state index in [0.717, 1.165) is 11.1 Å². The van der Waals surface area contributed by atoms with Crippen LogP contribution in [0.5, 0.6) is 0 Å². The maximum absolute atomic E-state index is 13.1. The highest BCUT2D eigenvalue weighted by Crippen LogP contribution is 2.43. The van der Waals surface area contributed by atoms with Crippen molar-refractivity contribution in [3.05, 3.63) is 71.3 Å². The maximum atomic E-state index is 13.1. The van der Waals surface area contributed by atoms with Crippen LogP contribution in [-0.4, -0.2) is 23.3 Å². The van der Waals surface area contributed by atoms with Crippen molar-refractivity contribution < 1.29 is 14.3 Å². The summed E-state index contributed by atoms with van der Waals surface area (Å²) in [7, 11) is 0. The molecular formula is C21H16N2O3. The smallest absolute Gasteiger partial charge is 0.342 e. The molecule has 4 rings (SSSR count). The van der Waals surface area contributed by atoms with Gasteiger partial charge >= 0.3 is 5.97 Å². The van der Waals surface area contributed by atoms with E-state index >= 15 is 0 Å². The van der Waals surface area contributed by atoms with E-state index in [1.807, 2.05) is 42.5 Å². The van der Waals surface area contributed by atoms with Crippen LogP contribution in [0, 0.1) is 0 Å². The number of ether oxygens (including phenoxy) is 1. The van der Waals surface area contributed by atoms with Crippen LogP contribution in [0.15, 0.2) is 54.6 Å². The van der Waals surface area contributed by atoms with Crippen LogP contribution in [0.3, 0.4) is 0 Å². The van der Waals surface area contributed by atoms with Crippen LogP contribution in [0.1, 0.15) is 33.2 Å². The summed E-state index contributed by atoms with van der Waals surface area (Å²) in [6.45, 7) is 1.93. The molecule has 5 nitrogen and oxygen atoms in total. The lowest BCUT2D eigenvalue weighted by molar-refractivity contribution is 0.0528. The second-order valence-electron chi connectivity index (χ2n) is 5.93. The summed E-state index contributed by atoms with van der Waals surface area (Å²) in [4.78, 5) is 30.1. The molecule has 2 aromatic carbocycles. The molecule has 26 heavy (non-hydrogen) atoms. The van der Waals surface area contributed by atoms with Gasteiger partial charge in [0, 0.05) is 16.7 Å². The number of carbonyl (C=O) groups is 2. The highest BCUT2D eigenvalue weighted by molar-refractivity contribution is 6.26. The SMILES string of the molecule is CCOC(=O)c1c(N)nc2c(c1-c1ccccc1)C(=O)c1ccccc1-2. The maximum Gasteiger partial charge on any atom is 0.342 e. The topological polar surface area (TPSA) is 82.3 Å². The van der Waals surface area contributed by atoms with E-state index in [1.54, 1.807) is 19.1 Å². The van der Waals surface area contributed by atoms with Crippen LogP contribution >= 0.6 is 0 Å². The molecule has 0 saturated heterocycles. The Labute approximate surface area is 150 Å².